The van der Waals surface area contributed by atoms with Crippen molar-refractivity contribution in [3.63, 3.8) is 0 Å². The molecule has 0 amide bonds. The van der Waals surface area contributed by atoms with Gasteiger partial charge in [0.15, 0.2) is 0 Å². The summed E-state index contributed by atoms with van der Waals surface area (Å²) in [5.41, 5.74) is 3.86. The van der Waals surface area contributed by atoms with Gasteiger partial charge in [0.25, 0.3) is 0 Å². The highest BCUT2D eigenvalue weighted by molar-refractivity contribution is 5.66. The van der Waals surface area contributed by atoms with Crippen LogP contribution in [-0.2, 0) is 0 Å². The van der Waals surface area contributed by atoms with Crippen LogP contribution in [0.4, 0.5) is 0 Å². The Bertz CT molecular complexity index is 472. The molecular formula is C12H10N2. The van der Waals surface area contributed by atoms with Crippen molar-refractivity contribution in [1.29, 1.82) is 5.26 Å². The Labute approximate surface area is 82.8 Å². The van der Waals surface area contributed by atoms with Gasteiger partial charge in [-0.15, -0.1) is 0 Å². The Balaban J connectivity index is 2.50. The lowest BCUT2D eigenvalue weighted by Crippen LogP contribution is -1.81. The molecule has 14 heavy (non-hydrogen) atoms. The summed E-state index contributed by atoms with van der Waals surface area (Å²) >= 11 is 0. The van der Waals surface area contributed by atoms with E-state index >= 15 is 0 Å². The van der Waals surface area contributed by atoms with E-state index in [4.69, 9.17) is 5.26 Å². The predicted molar refractivity (Wildman–Crippen MR) is 55.7 cm³/mol. The molecule has 2 rings (SSSR count). The summed E-state index contributed by atoms with van der Waals surface area (Å²) in [7, 11) is 0. The predicted octanol–water partition coefficient (Wildman–Crippen LogP) is 2.86. The minimum Gasteiger partial charge on any atom is -0.360 e. The van der Waals surface area contributed by atoms with E-state index in [1.807, 2.05) is 31.2 Å². The first kappa shape index (κ1) is 8.58. The molecule has 0 bridgehead atoms. The lowest BCUT2D eigenvalue weighted by Gasteiger charge is -1.99. The lowest BCUT2D eigenvalue weighted by molar-refractivity contribution is 1.38. The van der Waals surface area contributed by atoms with Gasteiger partial charge in [0.2, 0.25) is 0 Å². The van der Waals surface area contributed by atoms with E-state index in [0.29, 0.717) is 5.56 Å². The molecule has 2 aromatic rings. The first-order chi connectivity index (χ1) is 6.81. The normalized spacial score (nSPS) is 9.71. The molecule has 0 aliphatic heterocycles. The van der Waals surface area contributed by atoms with Gasteiger partial charge in [-0.25, -0.2) is 0 Å². The van der Waals surface area contributed by atoms with Crippen LogP contribution in [0.15, 0.2) is 36.5 Å². The zero-order valence-electron chi connectivity index (χ0n) is 7.91. The van der Waals surface area contributed by atoms with E-state index in [0.717, 1.165) is 11.3 Å². The van der Waals surface area contributed by atoms with Gasteiger partial charge in [0.05, 0.1) is 11.3 Å². The minimum absolute atomic E-state index is 0.689. The third kappa shape index (κ3) is 1.40. The van der Waals surface area contributed by atoms with Gasteiger partial charge in [-0.1, -0.05) is 29.8 Å². The van der Waals surface area contributed by atoms with Crippen molar-refractivity contribution in [2.24, 2.45) is 0 Å². The third-order valence-electron chi connectivity index (χ3n) is 2.21. The van der Waals surface area contributed by atoms with Gasteiger partial charge < -0.3 is 4.98 Å². The molecule has 1 heterocycles. The van der Waals surface area contributed by atoms with E-state index in [1.54, 1.807) is 12.3 Å². The van der Waals surface area contributed by atoms with Crippen LogP contribution in [0.3, 0.4) is 0 Å². The molecule has 0 fully saturated rings. The molecular weight excluding hydrogens is 172 g/mol. The van der Waals surface area contributed by atoms with Crippen molar-refractivity contribution >= 4 is 0 Å². The van der Waals surface area contributed by atoms with Crippen LogP contribution in [0.5, 0.6) is 0 Å². The Morgan fingerprint density at radius 2 is 1.86 bits per heavy atom. The topological polar surface area (TPSA) is 39.6 Å². The second-order valence-corrected chi connectivity index (χ2v) is 3.24. The van der Waals surface area contributed by atoms with Gasteiger partial charge in [0, 0.05) is 6.20 Å². The maximum absolute atomic E-state index is 8.85. The number of H-pyrrole nitrogens is 1. The maximum Gasteiger partial charge on any atom is 0.101 e. The number of rotatable bonds is 1. The monoisotopic (exact) mass is 182 g/mol. The minimum atomic E-state index is 0.689. The number of nitrogens with zero attached hydrogens (tertiary/aromatic N) is 1. The van der Waals surface area contributed by atoms with Crippen LogP contribution in [-0.4, -0.2) is 4.98 Å². The quantitative estimate of drug-likeness (QED) is 0.723. The van der Waals surface area contributed by atoms with Gasteiger partial charge in [-0.05, 0) is 18.6 Å². The fourth-order valence-electron chi connectivity index (χ4n) is 1.42. The molecule has 2 heteroatoms. The molecule has 0 aliphatic carbocycles. The van der Waals surface area contributed by atoms with Crippen molar-refractivity contribution in [2.45, 2.75) is 6.92 Å². The molecule has 0 spiro atoms. The van der Waals surface area contributed by atoms with Crippen molar-refractivity contribution in [3.05, 3.63) is 47.7 Å². The molecule has 0 atom stereocenters. The molecule has 0 saturated carbocycles. The van der Waals surface area contributed by atoms with Crippen molar-refractivity contribution in [2.75, 3.05) is 0 Å². The van der Waals surface area contributed by atoms with Crippen molar-refractivity contribution in [1.82, 2.24) is 4.98 Å². The number of hydrogen-bond acceptors (Lipinski definition) is 1. The largest absolute Gasteiger partial charge is 0.360 e. The summed E-state index contributed by atoms with van der Waals surface area (Å²) in [5.74, 6) is 0. The van der Waals surface area contributed by atoms with E-state index in [2.05, 4.69) is 11.1 Å². The van der Waals surface area contributed by atoms with Crippen molar-refractivity contribution in [3.8, 4) is 17.3 Å². The molecule has 68 valence electrons. The number of benzene rings is 1. The van der Waals surface area contributed by atoms with Crippen LogP contribution in [0, 0.1) is 18.3 Å². The number of hydrogen-bond donors (Lipinski definition) is 1. The average Bonchev–Trinajstić information content (AvgIpc) is 2.67. The summed E-state index contributed by atoms with van der Waals surface area (Å²) in [6.07, 6.45) is 1.79. The van der Waals surface area contributed by atoms with Crippen molar-refractivity contribution < 1.29 is 0 Å². The molecule has 0 unspecified atom stereocenters. The summed E-state index contributed by atoms with van der Waals surface area (Å²) in [4.78, 5) is 3.07. The zero-order valence-corrected chi connectivity index (χ0v) is 7.91. The standard InChI is InChI=1S/C12H10N2/c1-9-2-4-10(5-3-9)12-11(8-13)6-7-14-12/h2-7,14H,1H3. The van der Waals surface area contributed by atoms with E-state index in [-0.39, 0.29) is 0 Å². The summed E-state index contributed by atoms with van der Waals surface area (Å²) in [6, 6.07) is 12.1. The van der Waals surface area contributed by atoms with Crippen LogP contribution < -0.4 is 0 Å². The van der Waals surface area contributed by atoms with E-state index in [9.17, 15) is 0 Å². The highest BCUT2D eigenvalue weighted by Crippen LogP contribution is 2.21. The highest BCUT2D eigenvalue weighted by atomic mass is 14.7. The van der Waals surface area contributed by atoms with Gasteiger partial charge in [-0.2, -0.15) is 5.26 Å². The average molecular weight is 182 g/mol. The fraction of sp³-hybridized carbons (Fsp3) is 0.0833. The number of nitrogens with one attached hydrogen (secondary N) is 1. The second-order valence-electron chi connectivity index (χ2n) is 3.24. The van der Waals surface area contributed by atoms with Gasteiger partial charge >= 0.3 is 0 Å². The molecule has 0 radical (unpaired) electrons. The lowest BCUT2D eigenvalue weighted by atomic mass is 10.1. The fourth-order valence-corrected chi connectivity index (χ4v) is 1.42. The zero-order chi connectivity index (χ0) is 9.97. The molecule has 0 aliphatic rings. The maximum atomic E-state index is 8.85. The Morgan fingerprint density at radius 1 is 1.14 bits per heavy atom. The highest BCUT2D eigenvalue weighted by Gasteiger charge is 2.04. The summed E-state index contributed by atoms with van der Waals surface area (Å²) in [5, 5.41) is 8.85. The van der Waals surface area contributed by atoms with Crippen LogP contribution in [0.1, 0.15) is 11.1 Å². The molecule has 0 saturated heterocycles. The molecule has 1 aromatic heterocycles. The Kier molecular flexibility index (Phi) is 2.08. The van der Waals surface area contributed by atoms with E-state index in [1.165, 1.54) is 5.56 Å². The molecule has 2 nitrogen and oxygen atoms in total. The first-order valence-corrected chi connectivity index (χ1v) is 4.46. The van der Waals surface area contributed by atoms with Crippen LogP contribution in [0.2, 0.25) is 0 Å². The number of nitriles is 1. The third-order valence-corrected chi connectivity index (χ3v) is 2.21. The Morgan fingerprint density at radius 3 is 2.50 bits per heavy atom. The van der Waals surface area contributed by atoms with E-state index < -0.39 is 0 Å². The Hall–Kier alpha value is -2.01. The van der Waals surface area contributed by atoms with Gasteiger partial charge in [0.1, 0.15) is 6.07 Å². The number of aromatic nitrogens is 1. The van der Waals surface area contributed by atoms with Crippen LogP contribution >= 0.6 is 0 Å². The molecule has 1 aromatic carbocycles. The molecule has 1 N–H and O–H groups in total. The number of aromatic amines is 1. The first-order valence-electron chi connectivity index (χ1n) is 4.46. The SMILES string of the molecule is Cc1ccc(-c2[nH]ccc2C#N)cc1. The summed E-state index contributed by atoms with van der Waals surface area (Å²) in [6.45, 7) is 2.05. The van der Waals surface area contributed by atoms with Gasteiger partial charge in [-0.3, -0.25) is 0 Å². The smallest absolute Gasteiger partial charge is 0.101 e. The number of aryl methyl sites for hydroxylation is 1. The van der Waals surface area contributed by atoms with Crippen LogP contribution in [0.25, 0.3) is 11.3 Å². The summed E-state index contributed by atoms with van der Waals surface area (Å²) < 4.78 is 0. The second kappa shape index (κ2) is 3.39.